The maximum absolute atomic E-state index is 12.6. The van der Waals surface area contributed by atoms with Crippen LogP contribution in [0.4, 0.5) is 0 Å². The van der Waals surface area contributed by atoms with Gasteiger partial charge in [-0.05, 0) is 49.9 Å². The van der Waals surface area contributed by atoms with Gasteiger partial charge >= 0.3 is 0 Å². The smallest absolute Gasteiger partial charge is 0.226 e. The van der Waals surface area contributed by atoms with Crippen molar-refractivity contribution in [1.29, 1.82) is 0 Å². The molecule has 2 aliphatic heterocycles. The average molecular weight is 258 g/mol. The van der Waals surface area contributed by atoms with Crippen molar-refractivity contribution in [2.75, 3.05) is 19.6 Å². The summed E-state index contributed by atoms with van der Waals surface area (Å²) in [6.45, 7) is 3.69. The van der Waals surface area contributed by atoms with Gasteiger partial charge in [0.05, 0.1) is 0 Å². The Labute approximate surface area is 115 Å². The minimum absolute atomic E-state index is 0.242. The van der Waals surface area contributed by atoms with Gasteiger partial charge in [0.1, 0.15) is 0 Å². The first-order valence-electron chi connectivity index (χ1n) is 7.41. The van der Waals surface area contributed by atoms with Gasteiger partial charge < -0.3 is 10.2 Å². The summed E-state index contributed by atoms with van der Waals surface area (Å²) >= 11 is 0. The van der Waals surface area contributed by atoms with E-state index in [-0.39, 0.29) is 5.92 Å². The molecule has 1 saturated heterocycles. The Balaban J connectivity index is 1.73. The highest BCUT2D eigenvalue weighted by Gasteiger charge is 2.27. The Morgan fingerprint density at radius 3 is 2.68 bits per heavy atom. The fourth-order valence-electron chi connectivity index (χ4n) is 3.22. The number of fused-ring (bicyclic) bond motifs is 1. The van der Waals surface area contributed by atoms with Crippen LogP contribution in [-0.2, 0) is 17.8 Å². The second-order valence-corrected chi connectivity index (χ2v) is 5.66. The molecule has 102 valence electrons. The van der Waals surface area contributed by atoms with Crippen molar-refractivity contribution in [3.05, 3.63) is 35.4 Å². The van der Waals surface area contributed by atoms with Crippen LogP contribution in [0.1, 0.15) is 30.4 Å². The van der Waals surface area contributed by atoms with Crippen molar-refractivity contribution in [2.24, 2.45) is 5.92 Å². The molecule has 0 bridgehead atoms. The van der Waals surface area contributed by atoms with Gasteiger partial charge in [-0.3, -0.25) is 4.79 Å². The molecule has 0 unspecified atom stereocenters. The molecule has 1 fully saturated rings. The Bertz CT molecular complexity index is 452. The number of benzene rings is 1. The van der Waals surface area contributed by atoms with E-state index in [0.29, 0.717) is 5.91 Å². The minimum Gasteiger partial charge on any atom is -0.338 e. The SMILES string of the molecule is O=C(C1CCNCC1)N1CCCc2ccccc2C1. The monoisotopic (exact) mass is 258 g/mol. The van der Waals surface area contributed by atoms with Crippen LogP contribution in [0.25, 0.3) is 0 Å². The normalized spacial score (nSPS) is 20.7. The molecule has 2 aliphatic rings. The van der Waals surface area contributed by atoms with Crippen LogP contribution in [0.2, 0.25) is 0 Å². The second-order valence-electron chi connectivity index (χ2n) is 5.66. The van der Waals surface area contributed by atoms with Gasteiger partial charge in [-0.1, -0.05) is 24.3 Å². The lowest BCUT2D eigenvalue weighted by molar-refractivity contribution is -0.137. The Hall–Kier alpha value is -1.35. The number of aryl methyl sites for hydroxylation is 1. The van der Waals surface area contributed by atoms with Crippen molar-refractivity contribution in [2.45, 2.75) is 32.2 Å². The molecule has 0 aliphatic carbocycles. The number of nitrogens with one attached hydrogen (secondary N) is 1. The summed E-state index contributed by atoms with van der Waals surface area (Å²) in [6.07, 6.45) is 4.19. The fourth-order valence-corrected chi connectivity index (χ4v) is 3.22. The van der Waals surface area contributed by atoms with Crippen LogP contribution >= 0.6 is 0 Å². The number of hydrogen-bond donors (Lipinski definition) is 1. The van der Waals surface area contributed by atoms with Gasteiger partial charge in [0.25, 0.3) is 0 Å². The Morgan fingerprint density at radius 1 is 1.16 bits per heavy atom. The molecule has 0 spiro atoms. The number of hydrogen-bond acceptors (Lipinski definition) is 2. The predicted molar refractivity (Wildman–Crippen MR) is 75.8 cm³/mol. The van der Waals surface area contributed by atoms with E-state index in [1.807, 2.05) is 0 Å². The third-order valence-corrected chi connectivity index (χ3v) is 4.35. The topological polar surface area (TPSA) is 32.3 Å². The van der Waals surface area contributed by atoms with Crippen molar-refractivity contribution in [1.82, 2.24) is 10.2 Å². The lowest BCUT2D eigenvalue weighted by Crippen LogP contribution is -2.40. The molecular weight excluding hydrogens is 236 g/mol. The quantitative estimate of drug-likeness (QED) is 0.835. The summed E-state index contributed by atoms with van der Waals surface area (Å²) in [4.78, 5) is 14.7. The largest absolute Gasteiger partial charge is 0.338 e. The second kappa shape index (κ2) is 5.74. The average Bonchev–Trinajstić information content (AvgIpc) is 2.69. The molecule has 1 aromatic carbocycles. The molecule has 3 rings (SSSR count). The maximum atomic E-state index is 12.6. The lowest BCUT2D eigenvalue weighted by atomic mass is 9.96. The van der Waals surface area contributed by atoms with Gasteiger partial charge in [-0.2, -0.15) is 0 Å². The summed E-state index contributed by atoms with van der Waals surface area (Å²) in [5.74, 6) is 0.615. The first-order chi connectivity index (χ1) is 9.34. The summed E-state index contributed by atoms with van der Waals surface area (Å²) < 4.78 is 0. The van der Waals surface area contributed by atoms with Crippen LogP contribution < -0.4 is 5.32 Å². The summed E-state index contributed by atoms with van der Waals surface area (Å²) in [5.41, 5.74) is 2.75. The van der Waals surface area contributed by atoms with Crippen molar-refractivity contribution < 1.29 is 4.79 Å². The minimum atomic E-state index is 0.242. The molecule has 2 heterocycles. The van der Waals surface area contributed by atoms with E-state index in [4.69, 9.17) is 0 Å². The van der Waals surface area contributed by atoms with Gasteiger partial charge in [-0.25, -0.2) is 0 Å². The van der Waals surface area contributed by atoms with E-state index in [9.17, 15) is 4.79 Å². The number of rotatable bonds is 1. The predicted octanol–water partition coefficient (Wildman–Crippen LogP) is 1.96. The van der Waals surface area contributed by atoms with Crippen LogP contribution in [0.5, 0.6) is 0 Å². The summed E-state index contributed by atoms with van der Waals surface area (Å²) in [5, 5.41) is 3.33. The van der Waals surface area contributed by atoms with Gasteiger partial charge in [-0.15, -0.1) is 0 Å². The molecule has 0 atom stereocenters. The van der Waals surface area contributed by atoms with Crippen molar-refractivity contribution in [3.63, 3.8) is 0 Å². The zero-order valence-corrected chi connectivity index (χ0v) is 11.4. The van der Waals surface area contributed by atoms with Crippen LogP contribution in [0, 0.1) is 5.92 Å². The fraction of sp³-hybridized carbons (Fsp3) is 0.562. The third kappa shape index (κ3) is 2.81. The van der Waals surface area contributed by atoms with Crippen molar-refractivity contribution >= 4 is 5.91 Å². The maximum Gasteiger partial charge on any atom is 0.226 e. The number of carbonyl (C=O) groups is 1. The van der Waals surface area contributed by atoms with Crippen LogP contribution in [0.15, 0.2) is 24.3 Å². The van der Waals surface area contributed by atoms with Gasteiger partial charge in [0, 0.05) is 19.0 Å². The Kier molecular flexibility index (Phi) is 3.83. The van der Waals surface area contributed by atoms with Gasteiger partial charge in [0.2, 0.25) is 5.91 Å². The molecule has 0 radical (unpaired) electrons. The first-order valence-corrected chi connectivity index (χ1v) is 7.41. The molecule has 0 aromatic heterocycles. The highest BCUT2D eigenvalue weighted by molar-refractivity contribution is 5.79. The molecule has 1 amide bonds. The zero-order chi connectivity index (χ0) is 13.1. The Morgan fingerprint density at radius 2 is 1.89 bits per heavy atom. The standard InChI is InChI=1S/C16H22N2O/c19-16(14-7-9-17-10-8-14)18-11-3-6-13-4-1-2-5-15(13)12-18/h1-2,4-5,14,17H,3,6-12H2. The highest BCUT2D eigenvalue weighted by Crippen LogP contribution is 2.22. The van der Waals surface area contributed by atoms with Crippen molar-refractivity contribution in [3.8, 4) is 0 Å². The van der Waals surface area contributed by atoms with E-state index in [0.717, 1.165) is 51.9 Å². The number of amides is 1. The summed E-state index contributed by atoms with van der Waals surface area (Å²) in [7, 11) is 0. The molecule has 3 nitrogen and oxygen atoms in total. The number of carbonyl (C=O) groups excluding carboxylic acids is 1. The molecule has 1 N–H and O–H groups in total. The number of piperidine rings is 1. The molecular formula is C16H22N2O. The molecule has 0 saturated carbocycles. The van der Waals surface area contributed by atoms with E-state index in [2.05, 4.69) is 34.5 Å². The molecule has 3 heteroatoms. The van der Waals surface area contributed by atoms with E-state index < -0.39 is 0 Å². The van der Waals surface area contributed by atoms with E-state index in [1.165, 1.54) is 11.1 Å². The van der Waals surface area contributed by atoms with E-state index in [1.54, 1.807) is 0 Å². The third-order valence-electron chi connectivity index (χ3n) is 4.35. The lowest BCUT2D eigenvalue weighted by Gasteiger charge is -2.29. The van der Waals surface area contributed by atoms with Gasteiger partial charge in [0.15, 0.2) is 0 Å². The zero-order valence-electron chi connectivity index (χ0n) is 11.4. The molecule has 19 heavy (non-hydrogen) atoms. The van der Waals surface area contributed by atoms with E-state index >= 15 is 0 Å². The summed E-state index contributed by atoms with van der Waals surface area (Å²) in [6, 6.07) is 8.55. The van der Waals surface area contributed by atoms with Crippen LogP contribution in [0.3, 0.4) is 0 Å². The first kappa shape index (κ1) is 12.7. The van der Waals surface area contributed by atoms with Crippen LogP contribution in [-0.4, -0.2) is 30.4 Å². The molecule has 1 aromatic rings. The number of nitrogens with zero attached hydrogens (tertiary/aromatic N) is 1. The highest BCUT2D eigenvalue weighted by atomic mass is 16.2.